The number of rotatable bonds is 4. The third-order valence-corrected chi connectivity index (χ3v) is 5.62. The molecule has 0 aromatic heterocycles. The summed E-state index contributed by atoms with van der Waals surface area (Å²) in [5.74, 6) is 0.401. The molecule has 0 unspecified atom stereocenters. The Bertz CT molecular complexity index is 893. The molecule has 2 N–H and O–H groups in total. The quantitative estimate of drug-likeness (QED) is 0.810. The molecule has 0 saturated heterocycles. The van der Waals surface area contributed by atoms with Gasteiger partial charge in [0.25, 0.3) is 5.91 Å². The summed E-state index contributed by atoms with van der Waals surface area (Å²) in [6.45, 7) is 0.389. The minimum Gasteiger partial charge on any atom is -0.492 e. The van der Waals surface area contributed by atoms with E-state index in [1.807, 2.05) is 12.1 Å². The maximum Gasteiger partial charge on any atom is 0.255 e. The Kier molecular flexibility index (Phi) is 5.53. The molecule has 1 fully saturated rings. The molecular weight excluding hydrogens is 376 g/mol. The Balaban J connectivity index is 1.43. The molecule has 2 aliphatic rings. The van der Waals surface area contributed by atoms with Crippen molar-refractivity contribution in [1.29, 1.82) is 0 Å². The van der Waals surface area contributed by atoms with Crippen LogP contribution in [0.15, 0.2) is 42.5 Å². The first-order valence-corrected chi connectivity index (χ1v) is 10.1. The van der Waals surface area contributed by atoms with Gasteiger partial charge in [0, 0.05) is 22.3 Å². The number of nitrogens with one attached hydrogen (secondary N) is 2. The van der Waals surface area contributed by atoms with Crippen LogP contribution in [-0.2, 0) is 11.2 Å². The van der Waals surface area contributed by atoms with Crippen LogP contribution >= 0.6 is 11.6 Å². The molecule has 0 spiro atoms. The van der Waals surface area contributed by atoms with E-state index in [2.05, 4.69) is 10.6 Å². The van der Waals surface area contributed by atoms with Crippen LogP contribution < -0.4 is 15.4 Å². The number of fused-ring (bicyclic) bond motifs is 1. The monoisotopic (exact) mass is 398 g/mol. The van der Waals surface area contributed by atoms with Gasteiger partial charge in [0.2, 0.25) is 5.91 Å². The van der Waals surface area contributed by atoms with Crippen molar-refractivity contribution in [2.45, 2.75) is 38.1 Å². The van der Waals surface area contributed by atoms with E-state index in [0.717, 1.165) is 24.2 Å². The van der Waals surface area contributed by atoms with Crippen LogP contribution in [0.2, 0.25) is 5.02 Å². The van der Waals surface area contributed by atoms with E-state index in [4.69, 9.17) is 16.3 Å². The minimum atomic E-state index is -0.227. The highest BCUT2D eigenvalue weighted by molar-refractivity contribution is 6.31. The summed E-state index contributed by atoms with van der Waals surface area (Å²) in [4.78, 5) is 25.0. The van der Waals surface area contributed by atoms with Crippen molar-refractivity contribution < 1.29 is 14.3 Å². The van der Waals surface area contributed by atoms with Crippen molar-refractivity contribution in [1.82, 2.24) is 5.32 Å². The fourth-order valence-corrected chi connectivity index (χ4v) is 4.05. The number of halogens is 1. The van der Waals surface area contributed by atoms with Gasteiger partial charge >= 0.3 is 0 Å². The maximum absolute atomic E-state index is 12.6. The Morgan fingerprint density at radius 1 is 1.07 bits per heavy atom. The van der Waals surface area contributed by atoms with Gasteiger partial charge in [0.1, 0.15) is 12.4 Å². The molecule has 28 heavy (non-hydrogen) atoms. The number of ether oxygens (including phenoxy) is 1. The van der Waals surface area contributed by atoms with Gasteiger partial charge in [-0.15, -0.1) is 0 Å². The van der Waals surface area contributed by atoms with E-state index in [-0.39, 0.29) is 17.7 Å². The van der Waals surface area contributed by atoms with Crippen LogP contribution in [0.4, 0.5) is 5.69 Å². The van der Waals surface area contributed by atoms with Crippen molar-refractivity contribution >= 4 is 29.1 Å². The lowest BCUT2D eigenvalue weighted by molar-refractivity contribution is -0.127. The van der Waals surface area contributed by atoms with Gasteiger partial charge in [-0.25, -0.2) is 0 Å². The lowest BCUT2D eigenvalue weighted by Crippen LogP contribution is -2.41. The van der Waals surface area contributed by atoms with Crippen LogP contribution in [0.3, 0.4) is 0 Å². The average molecular weight is 399 g/mol. The Morgan fingerprint density at radius 2 is 1.89 bits per heavy atom. The van der Waals surface area contributed by atoms with Gasteiger partial charge in [-0.05, 0) is 61.2 Å². The van der Waals surface area contributed by atoms with E-state index in [9.17, 15) is 9.59 Å². The molecule has 146 valence electrons. The largest absolute Gasteiger partial charge is 0.492 e. The Hall–Kier alpha value is -2.53. The van der Waals surface area contributed by atoms with Gasteiger partial charge in [0.05, 0.1) is 5.92 Å². The van der Waals surface area contributed by atoms with Crippen LogP contribution in [-0.4, -0.2) is 24.5 Å². The smallest absolute Gasteiger partial charge is 0.255 e. The zero-order valence-corrected chi connectivity index (χ0v) is 16.3. The minimum absolute atomic E-state index is 0.0610. The number of carbonyl (C=O) groups is 2. The fourth-order valence-electron chi connectivity index (χ4n) is 3.86. The third-order valence-electron chi connectivity index (χ3n) is 5.38. The molecule has 4 rings (SSSR count). The van der Waals surface area contributed by atoms with E-state index in [1.165, 1.54) is 12.8 Å². The lowest BCUT2D eigenvalue weighted by atomic mass is 9.95. The predicted molar refractivity (Wildman–Crippen MR) is 109 cm³/mol. The summed E-state index contributed by atoms with van der Waals surface area (Å²) in [6, 6.07) is 12.6. The van der Waals surface area contributed by atoms with Crippen LogP contribution in [0.25, 0.3) is 0 Å². The van der Waals surface area contributed by atoms with Gasteiger partial charge in [-0.3, -0.25) is 9.59 Å². The highest BCUT2D eigenvalue weighted by Crippen LogP contribution is 2.30. The predicted octanol–water partition coefficient (Wildman–Crippen LogP) is 4.20. The molecule has 2 amide bonds. The highest BCUT2D eigenvalue weighted by Gasteiger charge is 2.28. The van der Waals surface area contributed by atoms with Gasteiger partial charge < -0.3 is 15.4 Å². The molecule has 2 aromatic carbocycles. The van der Waals surface area contributed by atoms with Crippen LogP contribution in [0.5, 0.6) is 5.75 Å². The first-order valence-electron chi connectivity index (χ1n) is 9.71. The van der Waals surface area contributed by atoms with Gasteiger partial charge in [-0.1, -0.05) is 30.5 Å². The summed E-state index contributed by atoms with van der Waals surface area (Å²) in [5.41, 5.74) is 2.10. The number of anilines is 1. The summed E-state index contributed by atoms with van der Waals surface area (Å²) < 4.78 is 5.79. The second-order valence-corrected chi connectivity index (χ2v) is 7.93. The first kappa shape index (κ1) is 18.8. The molecule has 1 saturated carbocycles. The topological polar surface area (TPSA) is 67.4 Å². The Morgan fingerprint density at radius 3 is 2.68 bits per heavy atom. The van der Waals surface area contributed by atoms with Crippen LogP contribution in [0.1, 0.15) is 41.6 Å². The summed E-state index contributed by atoms with van der Waals surface area (Å²) in [6.07, 6.45) is 5.11. The number of carbonyl (C=O) groups excluding carboxylic acids is 2. The van der Waals surface area contributed by atoms with E-state index in [0.29, 0.717) is 35.3 Å². The molecule has 1 heterocycles. The standard InChI is InChI=1S/C22H23ClN2O3/c23-17-5-3-4-14(11-17)21(26)25-19-8-9-20-15(12-19)10-16(13-28-20)22(27)24-18-6-1-2-7-18/h3-5,8-9,11-12,16,18H,1-2,6-7,10,13H2,(H,24,27)(H,25,26)/t16-/m1/s1. The summed E-state index contributed by atoms with van der Waals surface area (Å²) >= 11 is 5.96. The van der Waals surface area contributed by atoms with Crippen molar-refractivity contribution in [3.63, 3.8) is 0 Å². The fraction of sp³-hybridized carbons (Fsp3) is 0.364. The number of amides is 2. The van der Waals surface area contributed by atoms with Crippen LogP contribution in [0, 0.1) is 5.92 Å². The summed E-state index contributed by atoms with van der Waals surface area (Å²) in [7, 11) is 0. The highest BCUT2D eigenvalue weighted by atomic mass is 35.5. The maximum atomic E-state index is 12.6. The summed E-state index contributed by atoms with van der Waals surface area (Å²) in [5, 5.41) is 6.55. The zero-order valence-electron chi connectivity index (χ0n) is 15.5. The lowest BCUT2D eigenvalue weighted by Gasteiger charge is -2.26. The molecule has 2 aromatic rings. The molecule has 1 atom stereocenters. The molecule has 1 aliphatic heterocycles. The SMILES string of the molecule is O=C(Nc1ccc2c(c1)C[C@@H](C(=O)NC1CCCC1)CO2)c1cccc(Cl)c1. The van der Waals surface area contributed by atoms with Crippen molar-refractivity contribution in [3.8, 4) is 5.75 Å². The first-order chi connectivity index (χ1) is 13.6. The van der Waals surface area contributed by atoms with Gasteiger partial charge in [0.15, 0.2) is 0 Å². The molecule has 6 heteroatoms. The molecule has 5 nitrogen and oxygen atoms in total. The second-order valence-electron chi connectivity index (χ2n) is 7.49. The van der Waals surface area contributed by atoms with E-state index in [1.54, 1.807) is 30.3 Å². The van der Waals surface area contributed by atoms with E-state index >= 15 is 0 Å². The van der Waals surface area contributed by atoms with Crippen molar-refractivity contribution in [3.05, 3.63) is 58.6 Å². The second kappa shape index (κ2) is 8.23. The van der Waals surface area contributed by atoms with Crippen molar-refractivity contribution in [2.24, 2.45) is 5.92 Å². The number of benzene rings is 2. The molecule has 0 bridgehead atoms. The molecule has 0 radical (unpaired) electrons. The zero-order chi connectivity index (χ0) is 19.5. The Labute approximate surface area is 169 Å². The molecule has 1 aliphatic carbocycles. The normalized spacial score (nSPS) is 18.8. The number of hydrogen-bond acceptors (Lipinski definition) is 3. The van der Waals surface area contributed by atoms with E-state index < -0.39 is 0 Å². The van der Waals surface area contributed by atoms with Gasteiger partial charge in [-0.2, -0.15) is 0 Å². The number of hydrogen-bond donors (Lipinski definition) is 2. The van der Waals surface area contributed by atoms with Crippen molar-refractivity contribution in [2.75, 3.05) is 11.9 Å². The molecular formula is C22H23ClN2O3. The average Bonchev–Trinajstić information content (AvgIpc) is 3.20. The third kappa shape index (κ3) is 4.30.